The normalized spacial score (nSPS) is 19.5. The zero-order chi connectivity index (χ0) is 21.0. The third-order valence-corrected chi connectivity index (χ3v) is 7.78. The number of rotatable bonds is 7. The maximum Gasteiger partial charge on any atom is 0.242 e. The molecule has 10 heteroatoms. The number of aromatic nitrogens is 1. The van der Waals surface area contributed by atoms with Crippen molar-refractivity contribution in [2.24, 2.45) is 0 Å². The number of hydrogen-bond donors (Lipinski definition) is 1. The van der Waals surface area contributed by atoms with E-state index in [9.17, 15) is 13.7 Å². The van der Waals surface area contributed by atoms with Gasteiger partial charge >= 0.3 is 0 Å². The van der Waals surface area contributed by atoms with Crippen LogP contribution in [0.2, 0.25) is 0 Å². The molecule has 0 saturated carbocycles. The summed E-state index contributed by atoms with van der Waals surface area (Å²) in [4.78, 5) is 7.99. The third kappa shape index (κ3) is 5.77. The topological polar surface area (TPSA) is 89.3 Å². The van der Waals surface area contributed by atoms with E-state index in [0.29, 0.717) is 28.5 Å². The number of halogens is 2. The highest BCUT2D eigenvalue weighted by molar-refractivity contribution is 9.11. The summed E-state index contributed by atoms with van der Waals surface area (Å²) in [6, 6.07) is 8.55. The third-order valence-electron chi connectivity index (χ3n) is 4.77. The van der Waals surface area contributed by atoms with E-state index in [1.165, 1.54) is 0 Å². The molecule has 1 aromatic heterocycles. The molecule has 2 heterocycles. The summed E-state index contributed by atoms with van der Waals surface area (Å²) in [5.41, 5.74) is 1.14. The van der Waals surface area contributed by atoms with Crippen LogP contribution in [-0.2, 0) is 16.6 Å². The van der Waals surface area contributed by atoms with Crippen LogP contribution in [0.4, 0.5) is 0 Å². The summed E-state index contributed by atoms with van der Waals surface area (Å²) in [6.07, 6.45) is 6.28. The number of likely N-dealkylation sites (N-methyl/N-ethyl adjacent to an activating group) is 1. The Morgan fingerprint density at radius 2 is 2.03 bits per heavy atom. The monoisotopic (exact) mass is 541 g/mol. The standard InChI is InChI=1S/C19H21Br2N5O2S/c1-25(10-14-4-6-23-7-5-14)12-17-9-16(11-26(17)13-22)24-29(27,28)19-8-15(20)2-3-18(19)21/h2-8,16-17,24H,9-12H2,1H3. The molecule has 1 aliphatic heterocycles. The van der Waals surface area contributed by atoms with Crippen LogP contribution in [0, 0.1) is 11.5 Å². The molecule has 0 aliphatic carbocycles. The van der Waals surface area contributed by atoms with Crippen molar-refractivity contribution in [1.29, 1.82) is 5.26 Å². The van der Waals surface area contributed by atoms with E-state index in [-0.39, 0.29) is 17.0 Å². The van der Waals surface area contributed by atoms with Crippen molar-refractivity contribution in [2.45, 2.75) is 29.9 Å². The smallest absolute Gasteiger partial charge is 0.242 e. The Kier molecular flexibility index (Phi) is 7.29. The lowest BCUT2D eigenvalue weighted by Crippen LogP contribution is -2.36. The van der Waals surface area contributed by atoms with Crippen molar-refractivity contribution in [3.63, 3.8) is 0 Å². The van der Waals surface area contributed by atoms with Crippen LogP contribution < -0.4 is 4.72 Å². The quantitative estimate of drug-likeness (QED) is 0.541. The van der Waals surface area contributed by atoms with Gasteiger partial charge in [0.2, 0.25) is 10.0 Å². The van der Waals surface area contributed by atoms with E-state index in [0.717, 1.165) is 12.1 Å². The van der Waals surface area contributed by atoms with E-state index in [1.54, 1.807) is 35.5 Å². The Labute approximate surface area is 188 Å². The molecule has 7 nitrogen and oxygen atoms in total. The second kappa shape index (κ2) is 9.53. The van der Waals surface area contributed by atoms with Gasteiger partial charge < -0.3 is 9.80 Å². The summed E-state index contributed by atoms with van der Waals surface area (Å²) >= 11 is 6.62. The van der Waals surface area contributed by atoms with Gasteiger partial charge in [0, 0.05) is 47.0 Å². The Morgan fingerprint density at radius 3 is 2.72 bits per heavy atom. The fourth-order valence-electron chi connectivity index (χ4n) is 3.49. The summed E-state index contributed by atoms with van der Waals surface area (Å²) in [6.45, 7) is 1.75. The first-order valence-electron chi connectivity index (χ1n) is 8.99. The Balaban J connectivity index is 1.65. The van der Waals surface area contributed by atoms with Crippen molar-refractivity contribution >= 4 is 41.9 Å². The van der Waals surface area contributed by atoms with Crippen LogP contribution in [0.25, 0.3) is 0 Å². The van der Waals surface area contributed by atoms with Gasteiger partial charge in [0.25, 0.3) is 0 Å². The number of nitrogens with one attached hydrogen (secondary N) is 1. The molecule has 154 valence electrons. The van der Waals surface area contributed by atoms with Gasteiger partial charge in [0.15, 0.2) is 6.19 Å². The average molecular weight is 543 g/mol. The minimum Gasteiger partial charge on any atom is -0.305 e. The Morgan fingerprint density at radius 1 is 1.31 bits per heavy atom. The van der Waals surface area contributed by atoms with E-state index in [4.69, 9.17) is 0 Å². The zero-order valence-corrected chi connectivity index (χ0v) is 19.8. The Bertz CT molecular complexity index is 997. The van der Waals surface area contributed by atoms with Gasteiger partial charge in [-0.25, -0.2) is 13.1 Å². The van der Waals surface area contributed by atoms with Crippen molar-refractivity contribution in [3.05, 3.63) is 57.2 Å². The molecule has 1 N–H and O–H groups in total. The number of sulfonamides is 1. The molecular weight excluding hydrogens is 522 g/mol. The summed E-state index contributed by atoms with van der Waals surface area (Å²) < 4.78 is 29.6. The van der Waals surface area contributed by atoms with Gasteiger partial charge in [-0.3, -0.25) is 4.98 Å². The van der Waals surface area contributed by atoms with Crippen LogP contribution in [0.5, 0.6) is 0 Å². The zero-order valence-electron chi connectivity index (χ0n) is 15.8. The molecule has 1 aliphatic rings. The molecule has 3 rings (SSSR count). The molecule has 1 saturated heterocycles. The SMILES string of the molecule is CN(Cc1ccncc1)CC1CC(NS(=O)(=O)c2cc(Br)ccc2Br)CN1C#N. The highest BCUT2D eigenvalue weighted by Gasteiger charge is 2.35. The molecule has 0 bridgehead atoms. The molecule has 29 heavy (non-hydrogen) atoms. The van der Waals surface area contributed by atoms with Gasteiger partial charge in [-0.05, 0) is 65.3 Å². The molecule has 0 spiro atoms. The molecule has 1 aromatic carbocycles. The van der Waals surface area contributed by atoms with Crippen LogP contribution >= 0.6 is 31.9 Å². The predicted octanol–water partition coefficient (Wildman–Crippen LogP) is 2.94. The first kappa shape index (κ1) is 22.2. The van der Waals surface area contributed by atoms with Gasteiger partial charge in [-0.1, -0.05) is 15.9 Å². The summed E-state index contributed by atoms with van der Waals surface area (Å²) in [5.74, 6) is 0. The van der Waals surface area contributed by atoms with Gasteiger partial charge in [-0.2, -0.15) is 5.26 Å². The van der Waals surface area contributed by atoms with Crippen molar-refractivity contribution < 1.29 is 8.42 Å². The van der Waals surface area contributed by atoms with Crippen molar-refractivity contribution in [2.75, 3.05) is 20.1 Å². The molecule has 0 radical (unpaired) electrons. The molecule has 0 amide bonds. The van der Waals surface area contributed by atoms with Crippen LogP contribution in [0.3, 0.4) is 0 Å². The number of pyridine rings is 1. The molecule has 2 aromatic rings. The molecule has 1 fully saturated rings. The van der Waals surface area contributed by atoms with Crippen molar-refractivity contribution in [3.8, 4) is 6.19 Å². The maximum atomic E-state index is 12.8. The lowest BCUT2D eigenvalue weighted by atomic mass is 10.1. The minimum atomic E-state index is -3.71. The number of benzene rings is 1. The largest absolute Gasteiger partial charge is 0.305 e. The molecule has 2 atom stereocenters. The first-order chi connectivity index (χ1) is 13.8. The number of hydrogen-bond acceptors (Lipinski definition) is 6. The van der Waals surface area contributed by atoms with E-state index in [2.05, 4.69) is 52.7 Å². The lowest BCUT2D eigenvalue weighted by Gasteiger charge is -2.24. The van der Waals surface area contributed by atoms with Gasteiger partial charge in [0.05, 0.1) is 10.9 Å². The first-order valence-corrected chi connectivity index (χ1v) is 12.1. The maximum absolute atomic E-state index is 12.8. The van der Waals surface area contributed by atoms with Crippen LogP contribution in [0.15, 0.2) is 56.6 Å². The fourth-order valence-corrected chi connectivity index (χ4v) is 6.23. The van der Waals surface area contributed by atoms with Gasteiger partial charge in [0.1, 0.15) is 0 Å². The molecular formula is C19H21Br2N5O2S. The molecule has 2 unspecified atom stereocenters. The van der Waals surface area contributed by atoms with Crippen LogP contribution in [-0.4, -0.2) is 55.4 Å². The van der Waals surface area contributed by atoms with E-state index >= 15 is 0 Å². The van der Waals surface area contributed by atoms with E-state index < -0.39 is 10.0 Å². The number of nitrogens with zero attached hydrogens (tertiary/aromatic N) is 4. The fraction of sp³-hybridized carbons (Fsp3) is 0.368. The highest BCUT2D eigenvalue weighted by atomic mass is 79.9. The second-order valence-corrected chi connectivity index (χ2v) is 10.5. The summed E-state index contributed by atoms with van der Waals surface area (Å²) in [7, 11) is -1.72. The highest BCUT2D eigenvalue weighted by Crippen LogP contribution is 2.27. The average Bonchev–Trinajstić information content (AvgIpc) is 3.04. The lowest BCUT2D eigenvalue weighted by molar-refractivity contribution is 0.237. The number of nitriles is 1. The van der Waals surface area contributed by atoms with E-state index in [1.807, 2.05) is 19.2 Å². The second-order valence-electron chi connectivity index (χ2n) is 7.09. The minimum absolute atomic E-state index is 0.0505. The van der Waals surface area contributed by atoms with Crippen LogP contribution in [0.1, 0.15) is 12.0 Å². The number of likely N-dealkylation sites (tertiary alicyclic amines) is 1. The Hall–Kier alpha value is -1.51. The predicted molar refractivity (Wildman–Crippen MR) is 117 cm³/mol. The van der Waals surface area contributed by atoms with Crippen molar-refractivity contribution in [1.82, 2.24) is 19.5 Å². The summed E-state index contributed by atoms with van der Waals surface area (Å²) in [5, 5.41) is 9.51. The van der Waals surface area contributed by atoms with Gasteiger partial charge in [-0.15, -0.1) is 0 Å².